The topological polar surface area (TPSA) is 88.3 Å². The lowest BCUT2D eigenvalue weighted by Crippen LogP contribution is -2.47. The van der Waals surface area contributed by atoms with Gasteiger partial charge in [0, 0.05) is 6.04 Å². The summed E-state index contributed by atoms with van der Waals surface area (Å²) in [6.07, 6.45) is 4.68. The number of rotatable bonds is 3. The van der Waals surface area contributed by atoms with Crippen LogP contribution in [-0.2, 0) is 16.1 Å². The highest BCUT2D eigenvalue weighted by atomic mass is 16.4. The number of aromatic nitrogens is 3. The monoisotopic (exact) mass is 328 g/mol. The summed E-state index contributed by atoms with van der Waals surface area (Å²) in [4.78, 5) is 26.2. The first-order chi connectivity index (χ1) is 11.6. The van der Waals surface area contributed by atoms with Crippen molar-refractivity contribution in [2.45, 2.75) is 50.7 Å². The van der Waals surface area contributed by atoms with E-state index >= 15 is 0 Å². The summed E-state index contributed by atoms with van der Waals surface area (Å²) < 4.78 is 1.56. The van der Waals surface area contributed by atoms with E-state index in [-0.39, 0.29) is 18.5 Å². The Hall–Kier alpha value is -2.44. The van der Waals surface area contributed by atoms with Gasteiger partial charge < -0.3 is 10.0 Å². The number of carboxylic acid groups (broad SMARTS) is 1. The number of carboxylic acids is 1. The summed E-state index contributed by atoms with van der Waals surface area (Å²) in [5.74, 6) is -0.759. The molecule has 3 atom stereocenters. The molecule has 1 saturated carbocycles. The second kappa shape index (κ2) is 5.89. The predicted molar refractivity (Wildman–Crippen MR) is 86.2 cm³/mol. The lowest BCUT2D eigenvalue weighted by molar-refractivity contribution is -0.150. The normalized spacial score (nSPS) is 26.5. The molecule has 2 aliphatic rings. The Bertz CT molecular complexity index is 787. The van der Waals surface area contributed by atoms with Crippen LogP contribution in [0.25, 0.3) is 11.0 Å². The fourth-order valence-electron chi connectivity index (χ4n) is 4.28. The minimum Gasteiger partial charge on any atom is -0.480 e. The van der Waals surface area contributed by atoms with Crippen molar-refractivity contribution in [3.05, 3.63) is 24.3 Å². The Morgan fingerprint density at radius 2 is 2.00 bits per heavy atom. The first-order valence-corrected chi connectivity index (χ1v) is 8.47. The summed E-state index contributed by atoms with van der Waals surface area (Å²) in [5.41, 5.74) is 1.52. The van der Waals surface area contributed by atoms with Gasteiger partial charge in [0.15, 0.2) is 0 Å². The molecule has 0 unspecified atom stereocenters. The van der Waals surface area contributed by atoms with Crippen molar-refractivity contribution in [1.82, 2.24) is 19.9 Å². The van der Waals surface area contributed by atoms with E-state index in [1.54, 1.807) is 9.58 Å². The minimum absolute atomic E-state index is 0.0352. The van der Waals surface area contributed by atoms with Crippen molar-refractivity contribution in [1.29, 1.82) is 0 Å². The number of amides is 1. The van der Waals surface area contributed by atoms with Crippen LogP contribution in [0, 0.1) is 5.92 Å². The zero-order chi connectivity index (χ0) is 16.7. The molecule has 0 bridgehead atoms. The highest BCUT2D eigenvalue weighted by Gasteiger charge is 2.47. The van der Waals surface area contributed by atoms with Crippen molar-refractivity contribution in [3.8, 4) is 0 Å². The average Bonchev–Trinajstić information content (AvgIpc) is 3.16. The number of hydrogen-bond acceptors (Lipinski definition) is 4. The van der Waals surface area contributed by atoms with Crippen LogP contribution in [0.4, 0.5) is 0 Å². The molecule has 7 nitrogen and oxygen atoms in total. The first-order valence-electron chi connectivity index (χ1n) is 8.47. The maximum Gasteiger partial charge on any atom is 0.326 e. The summed E-state index contributed by atoms with van der Waals surface area (Å²) in [6.45, 7) is 0.0352. The molecule has 126 valence electrons. The molecule has 1 aliphatic heterocycles. The van der Waals surface area contributed by atoms with Crippen LogP contribution in [0.5, 0.6) is 0 Å². The molecule has 1 aromatic carbocycles. The fourth-order valence-corrected chi connectivity index (χ4v) is 4.28. The van der Waals surface area contributed by atoms with Crippen LogP contribution >= 0.6 is 0 Å². The van der Waals surface area contributed by atoms with Crippen LogP contribution in [0.1, 0.15) is 32.1 Å². The van der Waals surface area contributed by atoms with Gasteiger partial charge in [0.2, 0.25) is 5.91 Å². The second-order valence-electron chi connectivity index (χ2n) is 6.74. The van der Waals surface area contributed by atoms with E-state index in [0.717, 1.165) is 36.7 Å². The van der Waals surface area contributed by atoms with Crippen LogP contribution in [-0.4, -0.2) is 49.0 Å². The number of carbonyl (C=O) groups is 2. The van der Waals surface area contributed by atoms with E-state index in [0.29, 0.717) is 12.3 Å². The van der Waals surface area contributed by atoms with Crippen molar-refractivity contribution in [2.75, 3.05) is 0 Å². The third-order valence-corrected chi connectivity index (χ3v) is 5.37. The van der Waals surface area contributed by atoms with E-state index < -0.39 is 12.0 Å². The van der Waals surface area contributed by atoms with Gasteiger partial charge in [0.1, 0.15) is 18.1 Å². The van der Waals surface area contributed by atoms with Gasteiger partial charge in [-0.3, -0.25) is 4.79 Å². The van der Waals surface area contributed by atoms with Gasteiger partial charge in [-0.15, -0.1) is 5.10 Å². The molecule has 2 fully saturated rings. The summed E-state index contributed by atoms with van der Waals surface area (Å²) >= 11 is 0. The summed E-state index contributed by atoms with van der Waals surface area (Å²) in [7, 11) is 0. The molecule has 0 radical (unpaired) electrons. The molecule has 2 aromatic rings. The van der Waals surface area contributed by atoms with Crippen molar-refractivity contribution < 1.29 is 14.7 Å². The third-order valence-electron chi connectivity index (χ3n) is 5.37. The van der Waals surface area contributed by atoms with Crippen molar-refractivity contribution >= 4 is 22.9 Å². The second-order valence-corrected chi connectivity index (χ2v) is 6.74. The molecule has 1 N–H and O–H groups in total. The third kappa shape index (κ3) is 2.44. The quantitative estimate of drug-likeness (QED) is 0.926. The molecule has 24 heavy (non-hydrogen) atoms. The highest BCUT2D eigenvalue weighted by molar-refractivity contribution is 5.85. The van der Waals surface area contributed by atoms with Crippen LogP contribution in [0.3, 0.4) is 0 Å². The van der Waals surface area contributed by atoms with Crippen LogP contribution in [0.2, 0.25) is 0 Å². The maximum atomic E-state index is 12.9. The molecule has 0 spiro atoms. The summed E-state index contributed by atoms with van der Waals surface area (Å²) in [6, 6.07) is 6.81. The Balaban J connectivity index is 1.60. The fraction of sp³-hybridized carbons (Fsp3) is 0.529. The van der Waals surface area contributed by atoms with Gasteiger partial charge in [0.25, 0.3) is 0 Å². The number of likely N-dealkylation sites (tertiary alicyclic amines) is 1. The zero-order valence-corrected chi connectivity index (χ0v) is 13.3. The highest BCUT2D eigenvalue weighted by Crippen LogP contribution is 2.40. The number of hydrogen-bond donors (Lipinski definition) is 1. The standard InChI is InChI=1S/C17H20N4O3/c22-16(10-20-14-8-4-2-6-12(14)18-19-20)21-13-7-3-1-5-11(13)9-15(21)17(23)24/h2,4,6,8,11,13,15H,1,3,5,7,9-10H2,(H,23,24)/t11-,13+,15+/m1/s1. The van der Waals surface area contributed by atoms with Crippen molar-refractivity contribution in [3.63, 3.8) is 0 Å². The Kier molecular flexibility index (Phi) is 3.70. The minimum atomic E-state index is -0.902. The molecule has 2 heterocycles. The van der Waals surface area contributed by atoms with Gasteiger partial charge in [-0.25, -0.2) is 9.48 Å². The molecular weight excluding hydrogens is 308 g/mol. The smallest absolute Gasteiger partial charge is 0.326 e. The molecule has 1 amide bonds. The van der Waals surface area contributed by atoms with Gasteiger partial charge in [0.05, 0.1) is 5.52 Å². The first kappa shape index (κ1) is 15.1. The van der Waals surface area contributed by atoms with Crippen LogP contribution < -0.4 is 0 Å². The molecule has 1 saturated heterocycles. The molecule has 4 rings (SSSR count). The van der Waals surface area contributed by atoms with Gasteiger partial charge >= 0.3 is 5.97 Å². The maximum absolute atomic E-state index is 12.9. The van der Waals surface area contributed by atoms with E-state index in [9.17, 15) is 14.7 Å². The lowest BCUT2D eigenvalue weighted by atomic mass is 9.85. The molecule has 1 aliphatic carbocycles. The number of nitrogens with zero attached hydrogens (tertiary/aromatic N) is 4. The van der Waals surface area contributed by atoms with E-state index in [1.807, 2.05) is 24.3 Å². The van der Waals surface area contributed by atoms with E-state index in [2.05, 4.69) is 10.3 Å². The number of benzene rings is 1. The van der Waals surface area contributed by atoms with E-state index in [1.165, 1.54) is 0 Å². The Labute approximate surface area is 139 Å². The number of para-hydroxylation sites is 1. The Morgan fingerprint density at radius 1 is 1.21 bits per heavy atom. The SMILES string of the molecule is O=C(O)[C@@H]1C[C@H]2CCCC[C@@H]2N1C(=O)Cn1nnc2ccccc21. The van der Waals surface area contributed by atoms with Gasteiger partial charge in [-0.1, -0.05) is 30.2 Å². The molecule has 7 heteroatoms. The Morgan fingerprint density at radius 3 is 2.83 bits per heavy atom. The van der Waals surface area contributed by atoms with Gasteiger partial charge in [-0.2, -0.15) is 0 Å². The summed E-state index contributed by atoms with van der Waals surface area (Å²) in [5, 5.41) is 17.7. The number of carbonyl (C=O) groups excluding carboxylic acids is 1. The largest absolute Gasteiger partial charge is 0.480 e. The van der Waals surface area contributed by atoms with Crippen LogP contribution in [0.15, 0.2) is 24.3 Å². The molecular formula is C17H20N4O3. The van der Waals surface area contributed by atoms with Crippen molar-refractivity contribution in [2.24, 2.45) is 5.92 Å². The zero-order valence-electron chi connectivity index (χ0n) is 13.3. The predicted octanol–water partition coefficient (Wildman–Crippen LogP) is 1.68. The lowest BCUT2D eigenvalue weighted by Gasteiger charge is -2.33. The number of fused-ring (bicyclic) bond motifs is 2. The molecule has 1 aromatic heterocycles. The van der Waals surface area contributed by atoms with E-state index in [4.69, 9.17) is 0 Å². The number of aliphatic carboxylic acids is 1. The van der Waals surface area contributed by atoms with Gasteiger partial charge in [-0.05, 0) is 37.3 Å². The average molecular weight is 328 g/mol.